The van der Waals surface area contributed by atoms with Crippen molar-refractivity contribution in [3.63, 3.8) is 0 Å². The van der Waals surface area contributed by atoms with E-state index in [0.29, 0.717) is 5.69 Å². The molecule has 0 unspecified atom stereocenters. The first kappa shape index (κ1) is 17.3. The number of para-hydroxylation sites is 2. The number of benzene rings is 3. The molecule has 0 radical (unpaired) electrons. The molecule has 0 spiro atoms. The van der Waals surface area contributed by atoms with Gasteiger partial charge in [0.1, 0.15) is 17.3 Å². The lowest BCUT2D eigenvalue weighted by Crippen LogP contribution is -2.16. The first-order valence-electron chi connectivity index (χ1n) is 7.76. The molecule has 0 fully saturated rings. The van der Waals surface area contributed by atoms with Crippen LogP contribution in [0.3, 0.4) is 0 Å². The maximum atomic E-state index is 13.7. The fraction of sp³-hybridized carbons (Fsp3) is 0. The molecule has 0 bridgehead atoms. The van der Waals surface area contributed by atoms with E-state index in [4.69, 9.17) is 0 Å². The maximum absolute atomic E-state index is 13.7. The summed E-state index contributed by atoms with van der Waals surface area (Å²) in [6, 6.07) is 18.0. The molecule has 0 aliphatic carbocycles. The van der Waals surface area contributed by atoms with Crippen molar-refractivity contribution in [3.8, 4) is 0 Å². The number of hydrogen-bond donors (Lipinski definition) is 2. The van der Waals surface area contributed by atoms with Gasteiger partial charge in [-0.15, -0.1) is 0 Å². The molecule has 2 N–H and O–H groups in total. The molecule has 0 atom stereocenters. The predicted octanol–water partition coefficient (Wildman–Crippen LogP) is 4.47. The molecule has 6 heteroatoms. The number of nitrogens with one attached hydrogen (secondary N) is 2. The molecule has 0 aliphatic heterocycles. The Morgan fingerprint density at radius 2 is 1.19 bits per heavy atom. The van der Waals surface area contributed by atoms with Gasteiger partial charge in [0, 0.05) is 16.8 Å². The number of carbonyl (C=O) groups is 2. The van der Waals surface area contributed by atoms with Crippen LogP contribution in [0.4, 0.5) is 20.2 Å². The van der Waals surface area contributed by atoms with Crippen LogP contribution in [0.25, 0.3) is 0 Å². The van der Waals surface area contributed by atoms with Gasteiger partial charge in [-0.2, -0.15) is 0 Å². The molecule has 3 aromatic rings. The largest absolute Gasteiger partial charge is 0.322 e. The molecular weight excluding hydrogens is 338 g/mol. The maximum Gasteiger partial charge on any atom is 0.255 e. The highest BCUT2D eigenvalue weighted by molar-refractivity contribution is 6.08. The number of hydrogen-bond acceptors (Lipinski definition) is 2. The summed E-state index contributed by atoms with van der Waals surface area (Å²) in [4.78, 5) is 24.6. The molecule has 130 valence electrons. The second kappa shape index (κ2) is 7.57. The van der Waals surface area contributed by atoms with Crippen LogP contribution in [-0.4, -0.2) is 11.8 Å². The lowest BCUT2D eigenvalue weighted by atomic mass is 10.1. The Morgan fingerprint density at radius 1 is 0.654 bits per heavy atom. The van der Waals surface area contributed by atoms with E-state index in [0.717, 1.165) is 12.1 Å². The second-order valence-electron chi connectivity index (χ2n) is 5.45. The summed E-state index contributed by atoms with van der Waals surface area (Å²) in [6.07, 6.45) is 0. The van der Waals surface area contributed by atoms with Gasteiger partial charge in [-0.1, -0.05) is 30.3 Å². The summed E-state index contributed by atoms with van der Waals surface area (Å²) in [5.41, 5.74) is 0.432. The number of carbonyl (C=O) groups excluding carboxylic acids is 2. The topological polar surface area (TPSA) is 58.2 Å². The summed E-state index contributed by atoms with van der Waals surface area (Å²) >= 11 is 0. The molecule has 0 saturated carbocycles. The summed E-state index contributed by atoms with van der Waals surface area (Å²) in [5.74, 6) is -2.88. The van der Waals surface area contributed by atoms with Crippen molar-refractivity contribution in [2.24, 2.45) is 0 Å². The quantitative estimate of drug-likeness (QED) is 0.728. The highest BCUT2D eigenvalue weighted by atomic mass is 19.1. The van der Waals surface area contributed by atoms with Crippen LogP contribution in [-0.2, 0) is 0 Å². The van der Waals surface area contributed by atoms with Crippen LogP contribution in [0.1, 0.15) is 20.7 Å². The monoisotopic (exact) mass is 352 g/mol. The first-order valence-corrected chi connectivity index (χ1v) is 7.76. The number of anilines is 2. The molecule has 26 heavy (non-hydrogen) atoms. The fourth-order valence-electron chi connectivity index (χ4n) is 2.33. The summed E-state index contributed by atoms with van der Waals surface area (Å²) in [5, 5.41) is 4.89. The van der Waals surface area contributed by atoms with Crippen molar-refractivity contribution in [3.05, 3.63) is 95.6 Å². The predicted molar refractivity (Wildman–Crippen MR) is 95.1 cm³/mol. The Balaban J connectivity index is 1.78. The Hall–Kier alpha value is -3.54. The van der Waals surface area contributed by atoms with E-state index in [-0.39, 0.29) is 11.1 Å². The lowest BCUT2D eigenvalue weighted by Gasteiger charge is -2.09. The molecule has 2 amide bonds. The van der Waals surface area contributed by atoms with Crippen LogP contribution < -0.4 is 10.6 Å². The van der Waals surface area contributed by atoms with Crippen molar-refractivity contribution in [2.75, 3.05) is 10.6 Å². The normalized spacial score (nSPS) is 10.2. The van der Waals surface area contributed by atoms with Crippen LogP contribution in [0.2, 0.25) is 0 Å². The van der Waals surface area contributed by atoms with Crippen molar-refractivity contribution >= 4 is 23.2 Å². The molecule has 0 heterocycles. The summed E-state index contributed by atoms with van der Waals surface area (Å²) in [6.45, 7) is 0. The van der Waals surface area contributed by atoms with Gasteiger partial charge in [0.25, 0.3) is 11.8 Å². The molecule has 4 nitrogen and oxygen atoms in total. The van der Waals surface area contributed by atoms with E-state index < -0.39 is 29.1 Å². The van der Waals surface area contributed by atoms with Crippen LogP contribution in [0, 0.1) is 11.6 Å². The smallest absolute Gasteiger partial charge is 0.255 e. The van der Waals surface area contributed by atoms with Gasteiger partial charge >= 0.3 is 0 Å². The minimum absolute atomic E-state index is 0.105. The number of halogens is 2. The van der Waals surface area contributed by atoms with Crippen LogP contribution in [0.5, 0.6) is 0 Å². The van der Waals surface area contributed by atoms with Crippen LogP contribution >= 0.6 is 0 Å². The van der Waals surface area contributed by atoms with Crippen molar-refractivity contribution in [2.45, 2.75) is 0 Å². The summed E-state index contributed by atoms with van der Waals surface area (Å²) in [7, 11) is 0. The highest BCUT2D eigenvalue weighted by Crippen LogP contribution is 2.19. The van der Waals surface area contributed by atoms with E-state index in [9.17, 15) is 18.4 Å². The standard InChI is InChI=1S/C20H14F2N2O2/c21-16-10-5-11-17(22)18(16)24-20(26)14-7-4-6-13(12-14)19(25)23-15-8-2-1-3-9-15/h1-12H,(H,23,25)(H,24,26). The summed E-state index contributed by atoms with van der Waals surface area (Å²) < 4.78 is 27.3. The minimum atomic E-state index is -0.878. The zero-order valence-electron chi connectivity index (χ0n) is 13.5. The molecule has 0 aromatic heterocycles. The second-order valence-corrected chi connectivity index (χ2v) is 5.45. The van der Waals surface area contributed by atoms with Gasteiger partial charge < -0.3 is 10.6 Å². The van der Waals surface area contributed by atoms with E-state index >= 15 is 0 Å². The number of amides is 2. The fourth-order valence-corrected chi connectivity index (χ4v) is 2.33. The zero-order chi connectivity index (χ0) is 18.5. The average molecular weight is 352 g/mol. The molecule has 3 aromatic carbocycles. The Labute approximate surface area is 148 Å². The third-order valence-corrected chi connectivity index (χ3v) is 3.62. The van der Waals surface area contributed by atoms with E-state index in [1.54, 1.807) is 30.3 Å². The Morgan fingerprint density at radius 3 is 1.81 bits per heavy atom. The molecule has 0 aliphatic rings. The van der Waals surface area contributed by atoms with Crippen molar-refractivity contribution in [1.82, 2.24) is 0 Å². The van der Waals surface area contributed by atoms with Gasteiger partial charge in [0.2, 0.25) is 0 Å². The molecule has 0 saturated heterocycles. The average Bonchev–Trinajstić information content (AvgIpc) is 2.65. The molecular formula is C20H14F2N2O2. The Bertz CT molecular complexity index is 939. The zero-order valence-corrected chi connectivity index (χ0v) is 13.5. The van der Waals surface area contributed by atoms with Crippen molar-refractivity contribution in [1.29, 1.82) is 0 Å². The molecule has 3 rings (SSSR count). The highest BCUT2D eigenvalue weighted by Gasteiger charge is 2.15. The van der Waals surface area contributed by atoms with Gasteiger partial charge in [0.15, 0.2) is 0 Å². The van der Waals surface area contributed by atoms with Gasteiger partial charge in [-0.3, -0.25) is 9.59 Å². The third kappa shape index (κ3) is 3.92. The van der Waals surface area contributed by atoms with Gasteiger partial charge in [-0.25, -0.2) is 8.78 Å². The van der Waals surface area contributed by atoms with Gasteiger partial charge in [-0.05, 0) is 42.5 Å². The van der Waals surface area contributed by atoms with Gasteiger partial charge in [0.05, 0.1) is 0 Å². The first-order chi connectivity index (χ1) is 12.5. The van der Waals surface area contributed by atoms with Crippen LogP contribution in [0.15, 0.2) is 72.8 Å². The van der Waals surface area contributed by atoms with E-state index in [1.165, 1.54) is 24.3 Å². The third-order valence-electron chi connectivity index (χ3n) is 3.62. The Kier molecular flexibility index (Phi) is 5.03. The lowest BCUT2D eigenvalue weighted by molar-refractivity contribution is 0.102. The van der Waals surface area contributed by atoms with E-state index in [2.05, 4.69) is 10.6 Å². The van der Waals surface area contributed by atoms with E-state index in [1.807, 2.05) is 6.07 Å². The minimum Gasteiger partial charge on any atom is -0.322 e. The van der Waals surface area contributed by atoms with Crippen molar-refractivity contribution < 1.29 is 18.4 Å². The SMILES string of the molecule is O=C(Nc1ccccc1)c1cccc(C(=O)Nc2c(F)cccc2F)c1. The number of rotatable bonds is 4.